The summed E-state index contributed by atoms with van der Waals surface area (Å²) in [4.78, 5) is 0. The van der Waals surface area contributed by atoms with Crippen LogP contribution in [0.25, 0.3) is 0 Å². The van der Waals surface area contributed by atoms with Crippen LogP contribution in [0.5, 0.6) is 0 Å². The third-order valence-electron chi connectivity index (χ3n) is 2.26. The van der Waals surface area contributed by atoms with E-state index in [2.05, 4.69) is 10.6 Å². The highest BCUT2D eigenvalue weighted by atomic mass is 16.5. The molecule has 58 valence electrons. The molecule has 2 saturated heterocycles. The number of piperazine rings is 1. The third kappa shape index (κ3) is 1.17. The van der Waals surface area contributed by atoms with Gasteiger partial charge >= 0.3 is 0 Å². The van der Waals surface area contributed by atoms with Crippen LogP contribution in [0.1, 0.15) is 6.42 Å². The van der Waals surface area contributed by atoms with Gasteiger partial charge in [0.2, 0.25) is 0 Å². The predicted octanol–water partition coefficient (Wildman–Crippen LogP) is -0.663. The van der Waals surface area contributed by atoms with Crippen molar-refractivity contribution in [3.8, 4) is 0 Å². The lowest BCUT2D eigenvalue weighted by Gasteiger charge is -2.37. The van der Waals surface area contributed by atoms with Gasteiger partial charge in [-0.3, -0.25) is 0 Å². The average molecular weight is 142 g/mol. The highest BCUT2D eigenvalue weighted by Gasteiger charge is 2.28. The fourth-order valence-corrected chi connectivity index (χ4v) is 1.51. The molecule has 2 fully saturated rings. The monoisotopic (exact) mass is 142 g/mol. The van der Waals surface area contributed by atoms with E-state index in [4.69, 9.17) is 4.74 Å². The Labute approximate surface area is 61.1 Å². The summed E-state index contributed by atoms with van der Waals surface area (Å²) in [7, 11) is 0. The van der Waals surface area contributed by atoms with Crippen molar-refractivity contribution in [2.24, 2.45) is 0 Å². The Morgan fingerprint density at radius 2 is 2.20 bits per heavy atom. The van der Waals surface area contributed by atoms with E-state index in [-0.39, 0.29) is 0 Å². The lowest BCUT2D eigenvalue weighted by Crippen LogP contribution is -2.57. The molecule has 2 unspecified atom stereocenters. The highest BCUT2D eigenvalue weighted by Crippen LogP contribution is 2.15. The Hall–Kier alpha value is -0.120. The molecule has 2 aliphatic rings. The maximum absolute atomic E-state index is 5.37. The van der Waals surface area contributed by atoms with Crippen molar-refractivity contribution >= 4 is 0 Å². The first kappa shape index (κ1) is 6.58. The van der Waals surface area contributed by atoms with Crippen LogP contribution in [0, 0.1) is 0 Å². The molecule has 10 heavy (non-hydrogen) atoms. The van der Waals surface area contributed by atoms with Gasteiger partial charge in [0.15, 0.2) is 0 Å². The molecule has 2 heterocycles. The van der Waals surface area contributed by atoms with Gasteiger partial charge in [0.25, 0.3) is 0 Å². The number of rotatable bonds is 1. The molecular weight excluding hydrogens is 128 g/mol. The molecular formula is C7H14N2O. The fraction of sp³-hybridized carbons (Fsp3) is 1.00. The summed E-state index contributed by atoms with van der Waals surface area (Å²) in [6, 6.07) is 0.572. The molecule has 3 heteroatoms. The van der Waals surface area contributed by atoms with Crippen LogP contribution in [-0.2, 0) is 4.74 Å². The largest absolute Gasteiger partial charge is 0.376 e. The molecule has 0 aliphatic carbocycles. The van der Waals surface area contributed by atoms with Gasteiger partial charge in [0.05, 0.1) is 6.10 Å². The van der Waals surface area contributed by atoms with Crippen molar-refractivity contribution in [2.45, 2.75) is 18.6 Å². The Kier molecular flexibility index (Phi) is 1.88. The first-order valence-electron chi connectivity index (χ1n) is 4.02. The van der Waals surface area contributed by atoms with E-state index in [1.807, 2.05) is 0 Å². The van der Waals surface area contributed by atoms with E-state index in [1.165, 1.54) is 6.42 Å². The van der Waals surface area contributed by atoms with E-state index < -0.39 is 0 Å². The van der Waals surface area contributed by atoms with Crippen molar-refractivity contribution in [3.05, 3.63) is 0 Å². The molecule has 2 rings (SSSR count). The Morgan fingerprint density at radius 3 is 2.70 bits per heavy atom. The summed E-state index contributed by atoms with van der Waals surface area (Å²) < 4.78 is 5.37. The van der Waals surface area contributed by atoms with Crippen LogP contribution in [0.15, 0.2) is 0 Å². The van der Waals surface area contributed by atoms with Crippen LogP contribution in [0.2, 0.25) is 0 Å². The van der Waals surface area contributed by atoms with Gasteiger partial charge in [0, 0.05) is 32.3 Å². The van der Waals surface area contributed by atoms with Gasteiger partial charge in [-0.2, -0.15) is 0 Å². The molecule has 0 aromatic carbocycles. The molecule has 3 nitrogen and oxygen atoms in total. The van der Waals surface area contributed by atoms with Gasteiger partial charge in [-0.1, -0.05) is 0 Å². The number of nitrogens with one attached hydrogen (secondary N) is 2. The standard InChI is InChI=1S/C7H14N2O/c1-4-10-7(1)6-5-8-2-3-9-6/h6-9H,1-5H2. The van der Waals surface area contributed by atoms with Gasteiger partial charge < -0.3 is 15.4 Å². The lowest BCUT2D eigenvalue weighted by atomic mass is 10.0. The van der Waals surface area contributed by atoms with Crippen LogP contribution >= 0.6 is 0 Å². The number of ether oxygens (including phenoxy) is 1. The number of hydrogen-bond donors (Lipinski definition) is 2. The minimum Gasteiger partial charge on any atom is -0.376 e. The van der Waals surface area contributed by atoms with Crippen LogP contribution in [-0.4, -0.2) is 38.4 Å². The second-order valence-electron chi connectivity index (χ2n) is 2.96. The average Bonchev–Trinajstić information content (AvgIpc) is 1.86. The van der Waals surface area contributed by atoms with Crippen molar-refractivity contribution < 1.29 is 4.74 Å². The maximum Gasteiger partial charge on any atom is 0.0762 e. The van der Waals surface area contributed by atoms with Crippen LogP contribution in [0.4, 0.5) is 0 Å². The molecule has 0 aromatic heterocycles. The van der Waals surface area contributed by atoms with Crippen molar-refractivity contribution in [3.63, 3.8) is 0 Å². The third-order valence-corrected chi connectivity index (χ3v) is 2.26. The zero-order valence-electron chi connectivity index (χ0n) is 6.10. The smallest absolute Gasteiger partial charge is 0.0762 e. The summed E-state index contributed by atoms with van der Waals surface area (Å²) in [5.74, 6) is 0. The van der Waals surface area contributed by atoms with Gasteiger partial charge in [-0.25, -0.2) is 0 Å². The molecule has 0 aromatic rings. The SMILES string of the molecule is C1CNC(C2CCO2)CN1. The van der Waals surface area contributed by atoms with Crippen molar-refractivity contribution in [1.82, 2.24) is 10.6 Å². The summed E-state index contributed by atoms with van der Waals surface area (Å²) >= 11 is 0. The molecule has 0 saturated carbocycles. The zero-order valence-corrected chi connectivity index (χ0v) is 6.10. The van der Waals surface area contributed by atoms with E-state index in [0.717, 1.165) is 26.2 Å². The molecule has 0 amide bonds. The van der Waals surface area contributed by atoms with E-state index in [0.29, 0.717) is 12.1 Å². The molecule has 2 aliphatic heterocycles. The lowest BCUT2D eigenvalue weighted by molar-refractivity contribution is -0.0728. The Bertz CT molecular complexity index is 108. The summed E-state index contributed by atoms with van der Waals surface area (Å²) in [5, 5.41) is 6.77. The fourth-order valence-electron chi connectivity index (χ4n) is 1.51. The first-order chi connectivity index (χ1) is 4.97. The van der Waals surface area contributed by atoms with Gasteiger partial charge in [0.1, 0.15) is 0 Å². The van der Waals surface area contributed by atoms with E-state index in [1.54, 1.807) is 0 Å². The Balaban J connectivity index is 1.78. The minimum atomic E-state index is 0.493. The minimum absolute atomic E-state index is 0.493. The van der Waals surface area contributed by atoms with E-state index >= 15 is 0 Å². The highest BCUT2D eigenvalue weighted by molar-refractivity contribution is 4.86. The molecule has 0 bridgehead atoms. The second kappa shape index (κ2) is 2.86. The molecule has 2 atom stereocenters. The van der Waals surface area contributed by atoms with Gasteiger partial charge in [-0.05, 0) is 6.42 Å². The summed E-state index contributed by atoms with van der Waals surface area (Å²) in [5.41, 5.74) is 0. The quantitative estimate of drug-likeness (QED) is 0.510. The molecule has 2 N–H and O–H groups in total. The summed E-state index contributed by atoms with van der Waals surface area (Å²) in [6.45, 7) is 4.22. The zero-order chi connectivity index (χ0) is 6.81. The van der Waals surface area contributed by atoms with Gasteiger partial charge in [-0.15, -0.1) is 0 Å². The van der Waals surface area contributed by atoms with Crippen LogP contribution < -0.4 is 10.6 Å². The van der Waals surface area contributed by atoms with E-state index in [9.17, 15) is 0 Å². The topological polar surface area (TPSA) is 33.3 Å². The molecule has 0 radical (unpaired) electrons. The van der Waals surface area contributed by atoms with Crippen molar-refractivity contribution in [2.75, 3.05) is 26.2 Å². The van der Waals surface area contributed by atoms with Crippen LogP contribution in [0.3, 0.4) is 0 Å². The first-order valence-corrected chi connectivity index (χ1v) is 4.02. The predicted molar refractivity (Wildman–Crippen MR) is 39.0 cm³/mol. The second-order valence-corrected chi connectivity index (χ2v) is 2.96. The normalized spacial score (nSPS) is 40.8. The molecule has 0 spiro atoms. The maximum atomic E-state index is 5.37. The Morgan fingerprint density at radius 1 is 1.30 bits per heavy atom. The number of hydrogen-bond acceptors (Lipinski definition) is 3. The van der Waals surface area contributed by atoms with Crippen molar-refractivity contribution in [1.29, 1.82) is 0 Å². The summed E-state index contributed by atoms with van der Waals surface area (Å²) in [6.07, 6.45) is 1.73.